The van der Waals surface area contributed by atoms with Crippen molar-refractivity contribution in [3.05, 3.63) is 117 Å². The van der Waals surface area contributed by atoms with Crippen molar-refractivity contribution in [2.45, 2.75) is 45.2 Å². The van der Waals surface area contributed by atoms with Gasteiger partial charge in [0, 0.05) is 0 Å². The number of benzene rings is 3. The average Bonchev–Trinajstić information content (AvgIpc) is 3.57. The molecule has 1 aliphatic heterocycles. The number of hydrazone groups is 1. The average molecular weight is 494 g/mol. The van der Waals surface area contributed by atoms with Gasteiger partial charge in [0.1, 0.15) is 0 Å². The number of aliphatic hydroxyl groups excluding tert-OH is 1. The van der Waals surface area contributed by atoms with Crippen molar-refractivity contribution >= 4 is 11.7 Å². The number of aliphatic hydroxyl groups is 1. The first-order chi connectivity index (χ1) is 18.0. The van der Waals surface area contributed by atoms with Crippen LogP contribution in [0, 0.1) is 13.8 Å². The first kappa shape index (κ1) is 23.4. The zero-order chi connectivity index (χ0) is 25.6. The van der Waals surface area contributed by atoms with E-state index in [1.54, 1.807) is 4.57 Å². The summed E-state index contributed by atoms with van der Waals surface area (Å²) in [6.07, 6.45) is 1.93. The molecule has 0 unspecified atom stereocenters. The molecular weight excluding hydrogens is 462 g/mol. The summed E-state index contributed by atoms with van der Waals surface area (Å²) in [4.78, 5) is 13.4. The highest BCUT2D eigenvalue weighted by Gasteiger charge is 2.49. The standard InChI is InChI=1S/C30H31N5O2/c1-21-7-11-23(12-8-21)19-34-29(37)33(17-18-36)28(32-34)35-20-30(16-15-24-5-3-4-6-26(24)30)27(31-35)25-13-9-22(2)10-14-25/h3-14,36H,15-20H2,1-2H3/t30-/m1/s1. The second kappa shape index (κ2) is 9.16. The van der Waals surface area contributed by atoms with Crippen LogP contribution in [0.2, 0.25) is 0 Å². The van der Waals surface area contributed by atoms with Crippen LogP contribution < -0.4 is 10.7 Å². The lowest BCUT2D eigenvalue weighted by atomic mass is 9.75. The predicted octanol–water partition coefficient (Wildman–Crippen LogP) is 3.81. The van der Waals surface area contributed by atoms with Gasteiger partial charge in [0.25, 0.3) is 0 Å². The van der Waals surface area contributed by atoms with Gasteiger partial charge in [-0.1, -0.05) is 83.9 Å². The number of aromatic nitrogens is 3. The van der Waals surface area contributed by atoms with E-state index in [4.69, 9.17) is 10.2 Å². The highest BCUT2D eigenvalue weighted by atomic mass is 16.3. The van der Waals surface area contributed by atoms with E-state index in [9.17, 15) is 9.90 Å². The monoisotopic (exact) mass is 493 g/mol. The molecule has 7 heteroatoms. The molecule has 188 valence electrons. The third-order valence-electron chi connectivity index (χ3n) is 7.68. The van der Waals surface area contributed by atoms with Gasteiger partial charge < -0.3 is 5.11 Å². The molecule has 0 saturated heterocycles. The molecule has 6 rings (SSSR count). The molecule has 0 fully saturated rings. The fourth-order valence-corrected chi connectivity index (χ4v) is 5.73. The molecule has 1 atom stereocenters. The number of nitrogens with zero attached hydrogens (tertiary/aromatic N) is 5. The van der Waals surface area contributed by atoms with Crippen LogP contribution in [0.25, 0.3) is 0 Å². The van der Waals surface area contributed by atoms with Crippen molar-refractivity contribution in [2.24, 2.45) is 5.10 Å². The SMILES string of the molecule is Cc1ccc(Cn2nc(N3C[C@@]4(CCc5ccccc54)C(c4ccc(C)cc4)=N3)n(CCO)c2=O)cc1. The fourth-order valence-electron chi connectivity index (χ4n) is 5.73. The second-order valence-corrected chi connectivity index (χ2v) is 10.2. The molecule has 1 N–H and O–H groups in total. The quantitative estimate of drug-likeness (QED) is 0.443. The van der Waals surface area contributed by atoms with Gasteiger partial charge in [-0.25, -0.2) is 14.5 Å². The van der Waals surface area contributed by atoms with E-state index in [1.807, 2.05) is 36.2 Å². The van der Waals surface area contributed by atoms with Crippen molar-refractivity contribution in [1.29, 1.82) is 0 Å². The Kier molecular flexibility index (Phi) is 5.80. The zero-order valence-electron chi connectivity index (χ0n) is 21.3. The first-order valence-electron chi connectivity index (χ1n) is 12.8. The van der Waals surface area contributed by atoms with E-state index < -0.39 is 0 Å². The summed E-state index contributed by atoms with van der Waals surface area (Å²) in [5, 5.41) is 21.6. The second-order valence-electron chi connectivity index (χ2n) is 10.2. The zero-order valence-corrected chi connectivity index (χ0v) is 21.3. The number of aryl methyl sites for hydroxylation is 3. The van der Waals surface area contributed by atoms with Crippen LogP contribution in [-0.4, -0.2) is 38.3 Å². The van der Waals surface area contributed by atoms with Crippen LogP contribution in [0.15, 0.2) is 82.7 Å². The van der Waals surface area contributed by atoms with Gasteiger partial charge in [0.05, 0.1) is 37.4 Å². The molecule has 2 heterocycles. The van der Waals surface area contributed by atoms with Crippen LogP contribution in [-0.2, 0) is 24.9 Å². The number of fused-ring (bicyclic) bond motifs is 2. The van der Waals surface area contributed by atoms with Gasteiger partial charge >= 0.3 is 5.69 Å². The van der Waals surface area contributed by atoms with Gasteiger partial charge in [-0.2, -0.15) is 5.10 Å². The van der Waals surface area contributed by atoms with Crippen LogP contribution in [0.5, 0.6) is 0 Å². The van der Waals surface area contributed by atoms with Crippen LogP contribution in [0.3, 0.4) is 0 Å². The Morgan fingerprint density at radius 3 is 2.38 bits per heavy atom. The number of hydrogen-bond acceptors (Lipinski definition) is 5. The Morgan fingerprint density at radius 2 is 1.65 bits per heavy atom. The van der Waals surface area contributed by atoms with Crippen molar-refractivity contribution in [1.82, 2.24) is 14.3 Å². The fraction of sp³-hybridized carbons (Fsp3) is 0.300. The van der Waals surface area contributed by atoms with Gasteiger partial charge in [0.15, 0.2) is 0 Å². The summed E-state index contributed by atoms with van der Waals surface area (Å²) >= 11 is 0. The third kappa shape index (κ3) is 4.00. The molecule has 1 aromatic heterocycles. The number of hydrogen-bond donors (Lipinski definition) is 1. The molecule has 3 aromatic carbocycles. The highest BCUT2D eigenvalue weighted by Crippen LogP contribution is 2.46. The van der Waals surface area contributed by atoms with E-state index in [0.717, 1.165) is 29.7 Å². The Morgan fingerprint density at radius 1 is 0.946 bits per heavy atom. The Bertz CT molecular complexity index is 1530. The summed E-state index contributed by atoms with van der Waals surface area (Å²) < 4.78 is 3.02. The van der Waals surface area contributed by atoms with Crippen molar-refractivity contribution in [3.63, 3.8) is 0 Å². The largest absolute Gasteiger partial charge is 0.395 e. The minimum Gasteiger partial charge on any atom is -0.395 e. The summed E-state index contributed by atoms with van der Waals surface area (Å²) in [6, 6.07) is 25.2. The number of rotatable bonds is 6. The van der Waals surface area contributed by atoms with Crippen LogP contribution in [0.4, 0.5) is 5.95 Å². The molecule has 0 amide bonds. The molecule has 4 aromatic rings. The molecular formula is C30H31N5O2. The predicted molar refractivity (Wildman–Crippen MR) is 145 cm³/mol. The normalized spacial score (nSPS) is 18.5. The Labute approximate surface area is 216 Å². The summed E-state index contributed by atoms with van der Waals surface area (Å²) in [6.45, 7) is 5.09. The lowest BCUT2D eigenvalue weighted by molar-refractivity contribution is 0.274. The number of anilines is 1. The van der Waals surface area contributed by atoms with E-state index in [0.29, 0.717) is 19.0 Å². The lowest BCUT2D eigenvalue weighted by Crippen LogP contribution is -2.37. The minimum atomic E-state index is -0.285. The molecule has 1 spiro atoms. The van der Waals surface area contributed by atoms with E-state index in [1.165, 1.54) is 26.9 Å². The van der Waals surface area contributed by atoms with E-state index >= 15 is 0 Å². The summed E-state index contributed by atoms with van der Waals surface area (Å²) in [5.41, 5.74) is 7.57. The van der Waals surface area contributed by atoms with Gasteiger partial charge in [-0.15, -0.1) is 5.10 Å². The maximum absolute atomic E-state index is 13.4. The van der Waals surface area contributed by atoms with E-state index in [-0.39, 0.29) is 24.3 Å². The highest BCUT2D eigenvalue weighted by molar-refractivity contribution is 6.11. The maximum atomic E-state index is 13.4. The lowest BCUT2D eigenvalue weighted by Gasteiger charge is -2.27. The molecule has 0 saturated carbocycles. The van der Waals surface area contributed by atoms with Crippen molar-refractivity contribution in [3.8, 4) is 0 Å². The smallest absolute Gasteiger partial charge is 0.347 e. The minimum absolute atomic E-state index is 0.153. The van der Waals surface area contributed by atoms with Crippen molar-refractivity contribution in [2.75, 3.05) is 18.2 Å². The first-order valence-corrected chi connectivity index (χ1v) is 12.8. The third-order valence-corrected chi connectivity index (χ3v) is 7.68. The topological polar surface area (TPSA) is 75.7 Å². The Balaban J connectivity index is 1.45. The molecule has 2 aliphatic rings. The summed E-state index contributed by atoms with van der Waals surface area (Å²) in [5.74, 6) is 0.469. The van der Waals surface area contributed by atoms with Crippen molar-refractivity contribution < 1.29 is 5.11 Å². The maximum Gasteiger partial charge on any atom is 0.347 e. The van der Waals surface area contributed by atoms with Gasteiger partial charge in [-0.05, 0) is 48.9 Å². The molecule has 1 aliphatic carbocycles. The van der Waals surface area contributed by atoms with E-state index in [2.05, 4.69) is 55.5 Å². The summed E-state index contributed by atoms with van der Waals surface area (Å²) in [7, 11) is 0. The molecule has 0 bridgehead atoms. The van der Waals surface area contributed by atoms with Gasteiger partial charge in [-0.3, -0.25) is 4.57 Å². The molecule has 0 radical (unpaired) electrons. The Hall–Kier alpha value is -3.97. The molecule has 37 heavy (non-hydrogen) atoms. The molecule has 7 nitrogen and oxygen atoms in total. The van der Waals surface area contributed by atoms with Gasteiger partial charge in [0.2, 0.25) is 5.95 Å². The van der Waals surface area contributed by atoms with Crippen LogP contribution in [0.1, 0.15) is 39.8 Å². The van der Waals surface area contributed by atoms with Crippen LogP contribution >= 0.6 is 0 Å².